The van der Waals surface area contributed by atoms with Gasteiger partial charge in [0.2, 0.25) is 0 Å². The lowest BCUT2D eigenvalue weighted by molar-refractivity contribution is 0.264. The molecule has 2 aliphatic rings. The number of hydrogen-bond acceptors (Lipinski definition) is 10. The molecule has 2 heterocycles. The van der Waals surface area contributed by atoms with Gasteiger partial charge in [0, 0.05) is 21.5 Å². The summed E-state index contributed by atoms with van der Waals surface area (Å²) in [5.41, 5.74) is 2.51. The molecule has 0 fully saturated rings. The lowest BCUT2D eigenvalue weighted by Crippen LogP contribution is -2.05. The highest BCUT2D eigenvalue weighted by atomic mass is 32.3. The maximum Gasteiger partial charge on any atom is 0.169 e. The van der Waals surface area contributed by atoms with Gasteiger partial charge in [0.05, 0.1) is 38.6 Å². The predicted octanol–water partition coefficient (Wildman–Crippen LogP) is 15.8. The van der Waals surface area contributed by atoms with Crippen molar-refractivity contribution in [2.75, 3.05) is 38.2 Å². The Balaban J connectivity index is 1.52. The van der Waals surface area contributed by atoms with Crippen LogP contribution in [-0.2, 0) is 0 Å². The van der Waals surface area contributed by atoms with Crippen molar-refractivity contribution in [3.8, 4) is 11.5 Å². The fraction of sp³-hybridized carbons (Fsp3) is 0.400. The summed E-state index contributed by atoms with van der Waals surface area (Å²) >= 11 is 15.0. The van der Waals surface area contributed by atoms with Crippen molar-refractivity contribution in [1.29, 1.82) is 0 Å². The predicted molar refractivity (Wildman–Crippen MR) is 244 cm³/mol. The Bertz CT molecular complexity index is 1770. The highest BCUT2D eigenvalue weighted by Crippen LogP contribution is 2.58. The van der Waals surface area contributed by atoms with Gasteiger partial charge in [-0.2, -0.15) is 0 Å². The Hall–Kier alpha value is -0.720. The van der Waals surface area contributed by atoms with E-state index in [0.29, 0.717) is 13.2 Å². The van der Waals surface area contributed by atoms with E-state index in [-0.39, 0.29) is 0 Å². The van der Waals surface area contributed by atoms with E-state index in [4.69, 9.17) is 9.47 Å². The Labute approximate surface area is 333 Å². The molecule has 0 spiro atoms. The number of unbranched alkanes of at least 4 members (excludes halogenated alkanes) is 6. The Kier molecular flexibility index (Phi) is 14.8. The summed E-state index contributed by atoms with van der Waals surface area (Å²) in [7, 11) is 0. The zero-order valence-corrected chi connectivity index (χ0v) is 36.3. The van der Waals surface area contributed by atoms with Gasteiger partial charge in [0.1, 0.15) is 0 Å². The maximum absolute atomic E-state index is 6.81. The van der Waals surface area contributed by atoms with Gasteiger partial charge in [0.15, 0.2) is 11.5 Å². The van der Waals surface area contributed by atoms with Crippen LogP contribution in [0.5, 0.6) is 11.5 Å². The van der Waals surface area contributed by atoms with Gasteiger partial charge in [-0.1, -0.05) is 124 Å². The molecule has 0 saturated carbocycles. The molecular weight excluding hydrogens is 769 g/mol. The Morgan fingerprint density at radius 3 is 1.18 bits per heavy atom. The van der Waals surface area contributed by atoms with E-state index in [1.807, 2.05) is 94.1 Å². The van der Waals surface area contributed by atoms with Crippen LogP contribution in [0.15, 0.2) is 61.8 Å². The third-order valence-corrected chi connectivity index (χ3v) is 19.0. The van der Waals surface area contributed by atoms with Crippen molar-refractivity contribution in [3.63, 3.8) is 0 Å². The van der Waals surface area contributed by atoms with Crippen molar-refractivity contribution in [3.05, 3.63) is 72.9 Å². The number of ether oxygens (including phenoxy) is 2. The first-order chi connectivity index (χ1) is 24.5. The van der Waals surface area contributed by atoms with Gasteiger partial charge in [-0.25, -0.2) is 0 Å². The molecule has 50 heavy (non-hydrogen) atoms. The van der Waals surface area contributed by atoms with Gasteiger partial charge in [-0.15, -0.1) is 47.0 Å². The van der Waals surface area contributed by atoms with Crippen molar-refractivity contribution in [2.45, 2.75) is 65.2 Å². The highest BCUT2D eigenvalue weighted by Gasteiger charge is 2.25. The summed E-state index contributed by atoms with van der Waals surface area (Å²) in [4.78, 5) is 0. The van der Waals surface area contributed by atoms with Crippen molar-refractivity contribution in [2.24, 2.45) is 0 Å². The van der Waals surface area contributed by atoms with Crippen molar-refractivity contribution >= 4 is 139 Å². The van der Waals surface area contributed by atoms with Crippen LogP contribution in [0.25, 0.3) is 44.5 Å². The SMILES string of the molecule is CCCCCCOc1c(OCCCCCC)c2ccc(C=C3SC(SC)=C(SC)S3)c3ccc4c(C=C5SC(SC)=C(SC)S5)ccc1c4c32. The minimum Gasteiger partial charge on any atom is -0.489 e. The number of hydrogen-bond donors (Lipinski definition) is 0. The maximum atomic E-state index is 6.81. The molecule has 0 aliphatic carbocycles. The molecule has 0 N–H and O–H groups in total. The molecule has 0 aromatic heterocycles. The summed E-state index contributed by atoms with van der Waals surface area (Å²) in [5, 5.41) is 7.42. The van der Waals surface area contributed by atoms with E-state index in [1.165, 1.54) is 96.6 Å². The van der Waals surface area contributed by atoms with Crippen LogP contribution in [0, 0.1) is 0 Å². The molecule has 266 valence electrons. The van der Waals surface area contributed by atoms with E-state index >= 15 is 0 Å². The molecule has 0 amide bonds. The molecule has 2 aliphatic heterocycles. The van der Waals surface area contributed by atoms with Crippen LogP contribution in [0.4, 0.5) is 0 Å². The lowest BCUT2D eigenvalue weighted by atomic mass is 9.89. The van der Waals surface area contributed by atoms with E-state index in [1.54, 1.807) is 0 Å². The largest absolute Gasteiger partial charge is 0.489 e. The third kappa shape index (κ3) is 8.64. The minimum absolute atomic E-state index is 0.700. The smallest absolute Gasteiger partial charge is 0.169 e. The first-order valence-electron chi connectivity index (χ1n) is 17.4. The van der Waals surface area contributed by atoms with E-state index in [2.05, 4.69) is 87.4 Å². The minimum atomic E-state index is 0.700. The average Bonchev–Trinajstić information content (AvgIpc) is 3.74. The van der Waals surface area contributed by atoms with Gasteiger partial charge in [-0.3, -0.25) is 0 Å². The van der Waals surface area contributed by atoms with Crippen molar-refractivity contribution < 1.29 is 9.47 Å². The Morgan fingerprint density at radius 2 is 0.840 bits per heavy atom. The summed E-state index contributed by atoms with van der Waals surface area (Å²) < 4.78 is 21.9. The molecule has 0 saturated heterocycles. The summed E-state index contributed by atoms with van der Waals surface area (Å²) in [6, 6.07) is 13.9. The van der Waals surface area contributed by atoms with Crippen LogP contribution < -0.4 is 9.47 Å². The first kappa shape index (κ1) is 39.0. The monoisotopic (exact) mass is 814 g/mol. The number of thioether (sulfide) groups is 8. The zero-order valence-electron chi connectivity index (χ0n) is 29.8. The van der Waals surface area contributed by atoms with Crippen LogP contribution in [0.3, 0.4) is 0 Å². The van der Waals surface area contributed by atoms with E-state index in [0.717, 1.165) is 35.1 Å². The zero-order chi connectivity index (χ0) is 35.0. The second kappa shape index (κ2) is 19.0. The van der Waals surface area contributed by atoms with Crippen LogP contribution in [-0.4, -0.2) is 38.2 Å². The number of rotatable bonds is 18. The summed E-state index contributed by atoms with van der Waals surface area (Å²) in [5.74, 6) is 1.82. The second-order valence-electron chi connectivity index (χ2n) is 12.1. The summed E-state index contributed by atoms with van der Waals surface area (Å²) in [6.07, 6.45) is 22.9. The van der Waals surface area contributed by atoms with Gasteiger partial charge < -0.3 is 9.47 Å². The van der Waals surface area contributed by atoms with Crippen LogP contribution in [0.1, 0.15) is 76.3 Å². The second-order valence-corrected chi connectivity index (χ2v) is 21.1. The van der Waals surface area contributed by atoms with Gasteiger partial charge in [0.25, 0.3) is 0 Å². The molecule has 0 radical (unpaired) electrons. The lowest BCUT2D eigenvalue weighted by Gasteiger charge is -2.22. The number of benzene rings is 4. The molecule has 6 rings (SSSR count). The topological polar surface area (TPSA) is 18.5 Å². The molecule has 0 atom stereocenters. The highest BCUT2D eigenvalue weighted by molar-refractivity contribution is 8.41. The quantitative estimate of drug-likeness (QED) is 0.0711. The fourth-order valence-corrected chi connectivity index (χ4v) is 16.2. The van der Waals surface area contributed by atoms with E-state index < -0.39 is 0 Å². The first-order valence-corrected chi connectivity index (χ1v) is 25.5. The summed E-state index contributed by atoms with van der Waals surface area (Å²) in [6.45, 7) is 5.92. The molecular formula is C40H46O2S8. The normalized spacial score (nSPS) is 15.2. The van der Waals surface area contributed by atoms with Gasteiger partial charge in [-0.05, 0) is 84.0 Å². The van der Waals surface area contributed by atoms with Crippen molar-refractivity contribution in [1.82, 2.24) is 0 Å². The molecule has 0 bridgehead atoms. The standard InChI is InChI=1S/C40H46O2S8/c1-7-9-11-13-21-41-35-29-17-15-25(23-31-47-37(43-3)38(44-4)48-31)27-19-20-28-26(24-32-49-39(45-5)40(46-6)50-32)16-18-30(34(28)33(27)29)36(35)42-22-14-12-10-8-2/h15-20,23-24H,7-14,21-22H2,1-6H3. The van der Waals surface area contributed by atoms with Gasteiger partial charge >= 0.3 is 0 Å². The van der Waals surface area contributed by atoms with E-state index in [9.17, 15) is 0 Å². The molecule has 4 aromatic carbocycles. The average molecular weight is 815 g/mol. The van der Waals surface area contributed by atoms with Crippen LogP contribution >= 0.6 is 94.1 Å². The Morgan fingerprint density at radius 1 is 0.480 bits per heavy atom. The van der Waals surface area contributed by atoms with Crippen LogP contribution in [0.2, 0.25) is 0 Å². The third-order valence-electron chi connectivity index (χ3n) is 8.80. The molecule has 10 heteroatoms. The molecule has 0 unspecified atom stereocenters. The molecule has 4 aromatic rings. The molecule has 2 nitrogen and oxygen atoms in total. The fourth-order valence-electron chi connectivity index (χ4n) is 6.35.